The molecule has 0 aromatic carbocycles. The number of carbonyl (C=O) groups is 1. The molecule has 3 N–H and O–H groups in total. The first-order valence-electron chi connectivity index (χ1n) is 8.21. The van der Waals surface area contributed by atoms with Crippen LogP contribution in [0.4, 0.5) is 0 Å². The Labute approximate surface area is 127 Å². The number of guanidine groups is 1. The Bertz CT molecular complexity index is 350. The van der Waals surface area contributed by atoms with Crippen molar-refractivity contribution in [3.8, 4) is 0 Å². The van der Waals surface area contributed by atoms with Gasteiger partial charge < -0.3 is 20.7 Å². The molecule has 1 unspecified atom stereocenters. The third-order valence-electron chi connectivity index (χ3n) is 3.75. The number of ether oxygens (including phenoxy) is 1. The van der Waals surface area contributed by atoms with Gasteiger partial charge >= 0.3 is 0 Å². The maximum Gasteiger partial charge on any atom is 0.223 e. The van der Waals surface area contributed by atoms with Crippen LogP contribution in [0.15, 0.2) is 4.99 Å². The molecular weight excluding hydrogens is 268 g/mol. The van der Waals surface area contributed by atoms with Gasteiger partial charge in [-0.2, -0.15) is 0 Å². The second-order valence-electron chi connectivity index (χ2n) is 5.68. The van der Waals surface area contributed by atoms with Gasteiger partial charge in [0, 0.05) is 38.7 Å². The van der Waals surface area contributed by atoms with Crippen molar-refractivity contribution in [1.82, 2.24) is 16.0 Å². The lowest BCUT2D eigenvalue weighted by molar-refractivity contribution is -0.122. The standard InChI is InChI=1S/C15H28N4O2/c1-2-16-15(18-8-7-13-4-3-11-21-13)19-10-9-17-14(20)12-5-6-12/h12-13H,2-11H2,1H3,(H,17,20)(H2,16,18,19). The van der Waals surface area contributed by atoms with Crippen LogP contribution in [0.1, 0.15) is 39.0 Å². The maximum atomic E-state index is 11.5. The minimum Gasteiger partial charge on any atom is -0.378 e. The predicted molar refractivity (Wildman–Crippen MR) is 83.3 cm³/mol. The lowest BCUT2D eigenvalue weighted by Crippen LogP contribution is -2.41. The first-order valence-corrected chi connectivity index (χ1v) is 8.21. The molecule has 0 aromatic rings. The van der Waals surface area contributed by atoms with Crippen molar-refractivity contribution in [3.05, 3.63) is 0 Å². The van der Waals surface area contributed by atoms with Gasteiger partial charge in [0.15, 0.2) is 5.96 Å². The fourth-order valence-electron chi connectivity index (χ4n) is 2.39. The van der Waals surface area contributed by atoms with Crippen molar-refractivity contribution >= 4 is 11.9 Å². The summed E-state index contributed by atoms with van der Waals surface area (Å²) in [5.41, 5.74) is 0. The number of nitrogens with one attached hydrogen (secondary N) is 3. The molecular formula is C15H28N4O2. The molecule has 1 heterocycles. The molecule has 120 valence electrons. The Balaban J connectivity index is 1.58. The Morgan fingerprint density at radius 1 is 1.19 bits per heavy atom. The van der Waals surface area contributed by atoms with Crippen LogP contribution < -0.4 is 16.0 Å². The van der Waals surface area contributed by atoms with E-state index in [2.05, 4.69) is 20.9 Å². The zero-order valence-electron chi connectivity index (χ0n) is 13.0. The van der Waals surface area contributed by atoms with Crippen molar-refractivity contribution in [2.24, 2.45) is 10.9 Å². The number of nitrogens with zero attached hydrogens (tertiary/aromatic N) is 1. The molecule has 0 spiro atoms. The highest BCUT2D eigenvalue weighted by molar-refractivity contribution is 5.81. The number of aliphatic imine (C=N–C) groups is 1. The Kier molecular flexibility index (Phi) is 6.79. The number of amides is 1. The fourth-order valence-corrected chi connectivity index (χ4v) is 2.39. The summed E-state index contributed by atoms with van der Waals surface area (Å²) in [6, 6.07) is 0. The van der Waals surface area contributed by atoms with Crippen LogP contribution in [0, 0.1) is 5.92 Å². The molecule has 2 aliphatic rings. The Morgan fingerprint density at radius 2 is 2.00 bits per heavy atom. The van der Waals surface area contributed by atoms with Gasteiger partial charge in [-0.3, -0.25) is 9.79 Å². The highest BCUT2D eigenvalue weighted by Crippen LogP contribution is 2.28. The summed E-state index contributed by atoms with van der Waals surface area (Å²) in [5, 5.41) is 9.40. The molecule has 2 fully saturated rings. The van der Waals surface area contributed by atoms with Crippen LogP contribution >= 0.6 is 0 Å². The summed E-state index contributed by atoms with van der Waals surface area (Å²) < 4.78 is 5.59. The van der Waals surface area contributed by atoms with Gasteiger partial charge in [-0.15, -0.1) is 0 Å². The average molecular weight is 296 g/mol. The topological polar surface area (TPSA) is 74.8 Å². The molecule has 0 radical (unpaired) electrons. The molecule has 21 heavy (non-hydrogen) atoms. The van der Waals surface area contributed by atoms with Gasteiger partial charge in [0.2, 0.25) is 5.91 Å². The SMILES string of the molecule is CCNC(=NCCC1CCCO1)NCCNC(=O)C1CC1. The van der Waals surface area contributed by atoms with E-state index in [1.54, 1.807) is 0 Å². The summed E-state index contributed by atoms with van der Waals surface area (Å²) in [5.74, 6) is 1.28. The minimum atomic E-state index is 0.192. The van der Waals surface area contributed by atoms with Gasteiger partial charge in [-0.1, -0.05) is 0 Å². The summed E-state index contributed by atoms with van der Waals surface area (Å²) in [6.45, 7) is 5.89. The van der Waals surface area contributed by atoms with Gasteiger partial charge in [-0.25, -0.2) is 0 Å². The third-order valence-corrected chi connectivity index (χ3v) is 3.75. The van der Waals surface area contributed by atoms with Crippen LogP contribution in [0.5, 0.6) is 0 Å². The van der Waals surface area contributed by atoms with Crippen LogP contribution in [0.25, 0.3) is 0 Å². The minimum absolute atomic E-state index is 0.192. The first kappa shape index (κ1) is 16.1. The normalized spacial score (nSPS) is 22.1. The average Bonchev–Trinajstić information content (AvgIpc) is 3.21. The van der Waals surface area contributed by atoms with E-state index in [9.17, 15) is 4.79 Å². The highest BCUT2D eigenvalue weighted by Gasteiger charge is 2.28. The van der Waals surface area contributed by atoms with E-state index >= 15 is 0 Å². The molecule has 6 nitrogen and oxygen atoms in total. The van der Waals surface area contributed by atoms with Crippen LogP contribution in [0.3, 0.4) is 0 Å². The van der Waals surface area contributed by atoms with E-state index in [0.29, 0.717) is 19.2 Å². The monoisotopic (exact) mass is 296 g/mol. The first-order chi connectivity index (χ1) is 10.3. The Hall–Kier alpha value is -1.30. The quantitative estimate of drug-likeness (QED) is 0.349. The summed E-state index contributed by atoms with van der Waals surface area (Å²) >= 11 is 0. The largest absolute Gasteiger partial charge is 0.378 e. The van der Waals surface area contributed by atoms with E-state index in [-0.39, 0.29) is 11.8 Å². The molecule has 1 amide bonds. The number of carbonyl (C=O) groups excluding carboxylic acids is 1. The highest BCUT2D eigenvalue weighted by atomic mass is 16.5. The maximum absolute atomic E-state index is 11.5. The van der Waals surface area contributed by atoms with E-state index in [1.165, 1.54) is 6.42 Å². The van der Waals surface area contributed by atoms with E-state index in [4.69, 9.17) is 4.74 Å². The molecule has 1 aliphatic carbocycles. The Morgan fingerprint density at radius 3 is 2.67 bits per heavy atom. The van der Waals surface area contributed by atoms with Crippen molar-refractivity contribution in [2.75, 3.05) is 32.8 Å². The lowest BCUT2D eigenvalue weighted by atomic mass is 10.2. The van der Waals surface area contributed by atoms with Gasteiger partial charge in [0.1, 0.15) is 0 Å². The number of rotatable bonds is 8. The number of hydrogen-bond acceptors (Lipinski definition) is 3. The predicted octanol–water partition coefficient (Wildman–Crippen LogP) is 0.637. The van der Waals surface area contributed by atoms with Crippen LogP contribution in [-0.2, 0) is 9.53 Å². The molecule has 1 saturated carbocycles. The van der Waals surface area contributed by atoms with Gasteiger partial charge in [-0.05, 0) is 39.0 Å². The van der Waals surface area contributed by atoms with Crippen molar-refractivity contribution in [3.63, 3.8) is 0 Å². The van der Waals surface area contributed by atoms with Gasteiger partial charge in [0.05, 0.1) is 6.10 Å². The van der Waals surface area contributed by atoms with Crippen LogP contribution in [0.2, 0.25) is 0 Å². The second kappa shape index (κ2) is 8.87. The van der Waals surface area contributed by atoms with E-state index < -0.39 is 0 Å². The number of hydrogen-bond donors (Lipinski definition) is 3. The molecule has 1 saturated heterocycles. The van der Waals surface area contributed by atoms with Crippen molar-refractivity contribution < 1.29 is 9.53 Å². The summed E-state index contributed by atoms with van der Waals surface area (Å²) in [4.78, 5) is 16.0. The molecule has 0 aromatic heterocycles. The van der Waals surface area contributed by atoms with Crippen molar-refractivity contribution in [1.29, 1.82) is 0 Å². The summed E-state index contributed by atoms with van der Waals surface area (Å²) in [7, 11) is 0. The lowest BCUT2D eigenvalue weighted by Gasteiger charge is -2.12. The van der Waals surface area contributed by atoms with E-state index in [1.807, 2.05) is 6.92 Å². The zero-order valence-corrected chi connectivity index (χ0v) is 13.0. The molecule has 1 atom stereocenters. The fraction of sp³-hybridized carbons (Fsp3) is 0.867. The molecule has 2 rings (SSSR count). The van der Waals surface area contributed by atoms with Crippen molar-refractivity contribution in [2.45, 2.75) is 45.1 Å². The summed E-state index contributed by atoms with van der Waals surface area (Å²) in [6.07, 6.45) is 5.79. The molecule has 0 bridgehead atoms. The van der Waals surface area contributed by atoms with Gasteiger partial charge in [0.25, 0.3) is 0 Å². The smallest absolute Gasteiger partial charge is 0.223 e. The van der Waals surface area contributed by atoms with E-state index in [0.717, 1.165) is 51.3 Å². The molecule has 1 aliphatic heterocycles. The van der Waals surface area contributed by atoms with Crippen LogP contribution in [-0.4, -0.2) is 50.8 Å². The third kappa shape index (κ3) is 6.33. The zero-order chi connectivity index (χ0) is 14.9. The molecule has 6 heteroatoms. The second-order valence-corrected chi connectivity index (χ2v) is 5.68.